The van der Waals surface area contributed by atoms with Crippen LogP contribution < -0.4 is 4.90 Å². The number of carbonyl (C=O) groups excluding carboxylic acids is 1. The summed E-state index contributed by atoms with van der Waals surface area (Å²) in [7, 11) is 0. The molecule has 0 spiro atoms. The summed E-state index contributed by atoms with van der Waals surface area (Å²) in [6.45, 7) is 4.98. The number of carbonyl (C=O) groups is 1. The average molecular weight is 342 g/mol. The van der Waals surface area contributed by atoms with E-state index in [1.165, 1.54) is 10.6 Å². The molecule has 3 heterocycles. The van der Waals surface area contributed by atoms with E-state index in [2.05, 4.69) is 34.5 Å². The van der Waals surface area contributed by atoms with E-state index in [4.69, 9.17) is 4.74 Å². The molecule has 1 aromatic heterocycles. The van der Waals surface area contributed by atoms with Crippen molar-refractivity contribution in [2.24, 2.45) is 0 Å². The van der Waals surface area contributed by atoms with Gasteiger partial charge in [0.2, 0.25) is 0 Å². The lowest BCUT2D eigenvalue weighted by Crippen LogP contribution is -2.48. The number of benzene rings is 1. The molecule has 0 radical (unpaired) electrons. The quantitative estimate of drug-likeness (QED) is 0.859. The lowest BCUT2D eigenvalue weighted by atomic mass is 9.96. The van der Waals surface area contributed by atoms with Gasteiger partial charge in [-0.3, -0.25) is 4.79 Å². The molecule has 1 amide bonds. The van der Waals surface area contributed by atoms with Crippen LogP contribution in [0.3, 0.4) is 0 Å². The zero-order valence-electron chi connectivity index (χ0n) is 13.7. The Bertz CT molecular complexity index is 687. The first-order valence-corrected chi connectivity index (χ1v) is 9.44. The highest BCUT2D eigenvalue weighted by molar-refractivity contribution is 7.14. The molecule has 0 aliphatic carbocycles. The molecule has 1 unspecified atom stereocenters. The predicted molar refractivity (Wildman–Crippen MR) is 97.1 cm³/mol. The van der Waals surface area contributed by atoms with E-state index in [9.17, 15) is 4.79 Å². The van der Waals surface area contributed by atoms with Crippen LogP contribution in [-0.4, -0.2) is 50.2 Å². The number of rotatable bonds is 3. The Balaban J connectivity index is 1.42. The van der Waals surface area contributed by atoms with Crippen molar-refractivity contribution in [1.29, 1.82) is 0 Å². The standard InChI is InChI=1S/C19H22N2O2S/c22-19(16-4-1-3-15(13-16)17-6-11-23-14-17)21-9-7-20(8-10-21)18-5-2-12-24-18/h1-5,12-13,17H,6-11,14H2. The third-order valence-corrected chi connectivity index (χ3v) is 5.85. The van der Waals surface area contributed by atoms with Crippen molar-refractivity contribution in [2.45, 2.75) is 12.3 Å². The summed E-state index contributed by atoms with van der Waals surface area (Å²) in [6, 6.07) is 12.3. The zero-order chi connectivity index (χ0) is 16.4. The lowest BCUT2D eigenvalue weighted by molar-refractivity contribution is 0.0747. The average Bonchev–Trinajstić information content (AvgIpc) is 3.35. The first-order chi connectivity index (χ1) is 11.8. The van der Waals surface area contributed by atoms with Gasteiger partial charge in [-0.25, -0.2) is 0 Å². The maximum atomic E-state index is 12.8. The molecule has 4 nitrogen and oxygen atoms in total. The van der Waals surface area contributed by atoms with Gasteiger partial charge in [0.25, 0.3) is 5.91 Å². The summed E-state index contributed by atoms with van der Waals surface area (Å²) in [6.07, 6.45) is 1.05. The van der Waals surface area contributed by atoms with E-state index < -0.39 is 0 Å². The number of hydrogen-bond acceptors (Lipinski definition) is 4. The topological polar surface area (TPSA) is 32.8 Å². The summed E-state index contributed by atoms with van der Waals surface area (Å²) in [5.74, 6) is 0.593. The summed E-state index contributed by atoms with van der Waals surface area (Å²) < 4.78 is 5.48. The Hall–Kier alpha value is -1.85. The van der Waals surface area contributed by atoms with E-state index in [1.807, 2.05) is 17.0 Å². The van der Waals surface area contributed by atoms with Gasteiger partial charge in [-0.2, -0.15) is 0 Å². The number of amides is 1. The molecule has 0 bridgehead atoms. The van der Waals surface area contributed by atoms with Crippen LogP contribution in [-0.2, 0) is 4.74 Å². The minimum atomic E-state index is 0.154. The highest BCUT2D eigenvalue weighted by Gasteiger charge is 2.24. The normalized spacial score (nSPS) is 21.2. The minimum absolute atomic E-state index is 0.154. The van der Waals surface area contributed by atoms with Crippen LogP contribution in [0, 0.1) is 0 Å². The third kappa shape index (κ3) is 3.19. The lowest BCUT2D eigenvalue weighted by Gasteiger charge is -2.35. The Morgan fingerprint density at radius 1 is 1.12 bits per heavy atom. The molecule has 1 aromatic carbocycles. The van der Waals surface area contributed by atoms with Gasteiger partial charge in [0.1, 0.15) is 0 Å². The molecule has 2 saturated heterocycles. The van der Waals surface area contributed by atoms with Crippen LogP contribution in [0.5, 0.6) is 0 Å². The fraction of sp³-hybridized carbons (Fsp3) is 0.421. The number of thiophene rings is 1. The number of piperazine rings is 1. The van der Waals surface area contributed by atoms with Crippen LogP contribution >= 0.6 is 11.3 Å². The number of ether oxygens (including phenoxy) is 1. The molecule has 1 atom stereocenters. The van der Waals surface area contributed by atoms with Crippen molar-refractivity contribution >= 4 is 22.2 Å². The molecule has 126 valence electrons. The second kappa shape index (κ2) is 6.95. The Morgan fingerprint density at radius 2 is 2.00 bits per heavy atom. The summed E-state index contributed by atoms with van der Waals surface area (Å²) in [4.78, 5) is 17.2. The fourth-order valence-corrected chi connectivity index (χ4v) is 4.27. The first-order valence-electron chi connectivity index (χ1n) is 8.57. The highest BCUT2D eigenvalue weighted by Crippen LogP contribution is 2.26. The molecule has 0 N–H and O–H groups in total. The Morgan fingerprint density at radius 3 is 2.71 bits per heavy atom. The van der Waals surface area contributed by atoms with Crippen LogP contribution in [0.2, 0.25) is 0 Å². The van der Waals surface area contributed by atoms with Crippen molar-refractivity contribution in [3.05, 3.63) is 52.9 Å². The molecule has 0 saturated carbocycles. The number of nitrogens with zero attached hydrogens (tertiary/aromatic N) is 2. The fourth-order valence-electron chi connectivity index (χ4n) is 3.49. The molecular formula is C19H22N2O2S. The van der Waals surface area contributed by atoms with Crippen LogP contribution in [0.25, 0.3) is 0 Å². The predicted octanol–water partition coefficient (Wildman–Crippen LogP) is 3.21. The molecular weight excluding hydrogens is 320 g/mol. The maximum absolute atomic E-state index is 12.8. The van der Waals surface area contributed by atoms with E-state index in [1.54, 1.807) is 11.3 Å². The van der Waals surface area contributed by atoms with Gasteiger partial charge < -0.3 is 14.5 Å². The van der Waals surface area contributed by atoms with Gasteiger partial charge in [-0.05, 0) is 41.6 Å². The van der Waals surface area contributed by atoms with Crippen molar-refractivity contribution in [2.75, 3.05) is 44.3 Å². The van der Waals surface area contributed by atoms with Crippen LogP contribution in [0.4, 0.5) is 5.00 Å². The molecule has 5 heteroatoms. The second-order valence-electron chi connectivity index (χ2n) is 6.42. The summed E-state index contributed by atoms with van der Waals surface area (Å²) in [5.41, 5.74) is 2.04. The SMILES string of the molecule is O=C(c1cccc(C2CCOC2)c1)N1CCN(c2cccs2)CC1. The van der Waals surface area contributed by atoms with Gasteiger partial charge >= 0.3 is 0 Å². The van der Waals surface area contributed by atoms with E-state index >= 15 is 0 Å². The van der Waals surface area contributed by atoms with Crippen molar-refractivity contribution in [3.8, 4) is 0 Å². The van der Waals surface area contributed by atoms with Gasteiger partial charge in [-0.15, -0.1) is 11.3 Å². The smallest absolute Gasteiger partial charge is 0.253 e. The van der Waals surface area contributed by atoms with Crippen molar-refractivity contribution < 1.29 is 9.53 Å². The maximum Gasteiger partial charge on any atom is 0.253 e. The van der Waals surface area contributed by atoms with Gasteiger partial charge in [0.15, 0.2) is 0 Å². The van der Waals surface area contributed by atoms with Crippen LogP contribution in [0.1, 0.15) is 28.3 Å². The molecule has 2 fully saturated rings. The summed E-state index contributed by atoms with van der Waals surface area (Å²) >= 11 is 1.76. The largest absolute Gasteiger partial charge is 0.381 e. The third-order valence-electron chi connectivity index (χ3n) is 4.92. The number of hydrogen-bond donors (Lipinski definition) is 0. The van der Waals surface area contributed by atoms with Crippen LogP contribution in [0.15, 0.2) is 41.8 Å². The number of anilines is 1. The minimum Gasteiger partial charge on any atom is -0.381 e. The molecule has 2 aliphatic rings. The van der Waals surface area contributed by atoms with E-state index in [0.29, 0.717) is 5.92 Å². The Labute approximate surface area is 146 Å². The van der Waals surface area contributed by atoms with Gasteiger partial charge in [0, 0.05) is 44.3 Å². The first kappa shape index (κ1) is 15.7. The molecule has 4 rings (SSSR count). The van der Waals surface area contributed by atoms with E-state index in [0.717, 1.165) is 51.4 Å². The molecule has 24 heavy (non-hydrogen) atoms. The second-order valence-corrected chi connectivity index (χ2v) is 7.34. The highest BCUT2D eigenvalue weighted by atomic mass is 32.1. The van der Waals surface area contributed by atoms with Crippen molar-refractivity contribution in [3.63, 3.8) is 0 Å². The van der Waals surface area contributed by atoms with Gasteiger partial charge in [-0.1, -0.05) is 12.1 Å². The Kier molecular flexibility index (Phi) is 4.54. The zero-order valence-corrected chi connectivity index (χ0v) is 14.5. The molecule has 2 aliphatic heterocycles. The molecule has 2 aromatic rings. The summed E-state index contributed by atoms with van der Waals surface area (Å²) in [5, 5.41) is 3.40. The van der Waals surface area contributed by atoms with Crippen molar-refractivity contribution in [1.82, 2.24) is 4.90 Å². The van der Waals surface area contributed by atoms with E-state index in [-0.39, 0.29) is 5.91 Å². The van der Waals surface area contributed by atoms with Gasteiger partial charge in [0.05, 0.1) is 11.6 Å². The monoisotopic (exact) mass is 342 g/mol.